The molecule has 30 heavy (non-hydrogen) atoms. The topological polar surface area (TPSA) is 0 Å². The summed E-state index contributed by atoms with van der Waals surface area (Å²) < 4.78 is 1.63. The molecule has 0 bridgehead atoms. The van der Waals surface area contributed by atoms with E-state index in [1.807, 2.05) is 0 Å². The van der Waals surface area contributed by atoms with Gasteiger partial charge in [0.2, 0.25) is 0 Å². The minimum absolute atomic E-state index is 0. The molecule has 0 nitrogen and oxygen atoms in total. The second-order valence-electron chi connectivity index (χ2n) is 7.96. The molecule has 3 rings (SSSR count). The van der Waals surface area contributed by atoms with Crippen molar-refractivity contribution >= 4 is 14.0 Å². The Hall–Kier alpha value is -0.279. The molecule has 2 aromatic carbocycles. The number of rotatable bonds is 8. The molecule has 0 saturated heterocycles. The SMILES string of the molecule is CCCCC[SiH](C1=[C]([Ti+3])CC=C1Cc1ccccc1)c1cc(C)cc(C)c1.[Cl-].[Cl-].[Cl-]. The van der Waals surface area contributed by atoms with Crippen LogP contribution in [0.4, 0.5) is 0 Å². The Kier molecular flexibility index (Phi) is 14.6. The van der Waals surface area contributed by atoms with Gasteiger partial charge in [-0.1, -0.05) is 0 Å². The standard InChI is InChI=1S/C25H31Si.3ClH.Ti/c1-4-5-9-15-26(24-17-20(2)16-21(3)18-24)25-14-10-13-23(25)19-22-11-7-6-8-12-22;;;;/h6-8,11-13,16-18,26H,4-5,9-10,15,19H2,1-3H3;3*1H;/q;;;;+3/p-3. The number of unbranched alkanes of at least 4 members (excludes halogenated alkanes) is 2. The number of hydrogen-bond acceptors (Lipinski definition) is 0. The average Bonchev–Trinajstić information content (AvgIpc) is 2.99. The minimum atomic E-state index is -1.18. The number of hydrogen-bond donors (Lipinski definition) is 0. The van der Waals surface area contributed by atoms with Crippen LogP contribution in [0.1, 0.15) is 49.3 Å². The third-order valence-electron chi connectivity index (χ3n) is 5.55. The first kappa shape index (κ1) is 29.7. The molecule has 5 heteroatoms. The summed E-state index contributed by atoms with van der Waals surface area (Å²) in [5.74, 6) is 0. The first-order chi connectivity index (χ1) is 13.1. The molecule has 2 aromatic rings. The van der Waals surface area contributed by atoms with E-state index in [-0.39, 0.29) is 37.2 Å². The zero-order chi connectivity index (χ0) is 19.2. The Bertz CT molecular complexity index is 826. The van der Waals surface area contributed by atoms with Crippen LogP contribution < -0.4 is 42.4 Å². The molecule has 0 radical (unpaired) electrons. The van der Waals surface area contributed by atoms with Gasteiger partial charge in [-0.25, -0.2) is 0 Å². The number of allylic oxidation sites excluding steroid dienone is 4. The molecule has 1 aliphatic rings. The van der Waals surface area contributed by atoms with Gasteiger partial charge in [-0.2, -0.15) is 0 Å². The molecule has 0 aromatic heterocycles. The third-order valence-corrected chi connectivity index (χ3v) is 10.3. The van der Waals surface area contributed by atoms with E-state index in [0.29, 0.717) is 0 Å². The monoisotopic (exact) mass is 512 g/mol. The smallest absolute Gasteiger partial charge is 1.00 e. The van der Waals surface area contributed by atoms with E-state index < -0.39 is 8.80 Å². The van der Waals surface area contributed by atoms with Crippen LogP contribution in [-0.2, 0) is 26.9 Å². The summed E-state index contributed by atoms with van der Waals surface area (Å²) in [5, 5.41) is 3.42. The first-order valence-corrected chi connectivity index (χ1v) is 13.1. The van der Waals surface area contributed by atoms with Crippen molar-refractivity contribution in [3.05, 3.63) is 85.9 Å². The summed E-state index contributed by atoms with van der Waals surface area (Å²) in [6.45, 7) is 6.82. The van der Waals surface area contributed by atoms with Gasteiger partial charge in [-0.05, 0) is 0 Å². The number of benzene rings is 2. The third kappa shape index (κ3) is 8.01. The van der Waals surface area contributed by atoms with Gasteiger partial charge >= 0.3 is 179 Å². The van der Waals surface area contributed by atoms with Gasteiger partial charge in [0.15, 0.2) is 0 Å². The van der Waals surface area contributed by atoms with Crippen molar-refractivity contribution in [3.8, 4) is 0 Å². The van der Waals surface area contributed by atoms with E-state index in [1.54, 1.807) is 19.8 Å². The van der Waals surface area contributed by atoms with Crippen LogP contribution >= 0.6 is 0 Å². The molecule has 0 saturated carbocycles. The van der Waals surface area contributed by atoms with Crippen molar-refractivity contribution in [2.45, 2.75) is 58.9 Å². The van der Waals surface area contributed by atoms with Crippen LogP contribution in [0.5, 0.6) is 0 Å². The summed E-state index contributed by atoms with van der Waals surface area (Å²) in [5.41, 5.74) is 5.90. The molecule has 1 aliphatic carbocycles. The van der Waals surface area contributed by atoms with Gasteiger partial charge in [0.25, 0.3) is 0 Å². The van der Waals surface area contributed by atoms with Gasteiger partial charge in [0, 0.05) is 0 Å². The number of aryl methyl sites for hydroxylation is 2. The average molecular weight is 514 g/mol. The van der Waals surface area contributed by atoms with Gasteiger partial charge in [0.1, 0.15) is 0 Å². The van der Waals surface area contributed by atoms with Crippen LogP contribution in [0.25, 0.3) is 0 Å². The molecular weight excluding hydrogens is 483 g/mol. The van der Waals surface area contributed by atoms with Crippen LogP contribution in [0.2, 0.25) is 6.04 Å². The fraction of sp³-hybridized carbons (Fsp3) is 0.360. The summed E-state index contributed by atoms with van der Waals surface area (Å²) in [4.78, 5) is 0. The zero-order valence-electron chi connectivity index (χ0n) is 18.2. The Balaban J connectivity index is 0.00000280. The molecule has 0 fully saturated rings. The van der Waals surface area contributed by atoms with Crippen LogP contribution in [0, 0.1) is 13.8 Å². The Labute approximate surface area is 215 Å². The van der Waals surface area contributed by atoms with Gasteiger partial charge < -0.3 is 37.2 Å². The van der Waals surface area contributed by atoms with E-state index >= 15 is 0 Å². The summed E-state index contributed by atoms with van der Waals surface area (Å²) in [7, 11) is -1.18. The molecule has 160 valence electrons. The Morgan fingerprint density at radius 1 is 0.900 bits per heavy atom. The van der Waals surface area contributed by atoms with Gasteiger partial charge in [-0.15, -0.1) is 0 Å². The van der Waals surface area contributed by atoms with Crippen molar-refractivity contribution in [1.82, 2.24) is 0 Å². The van der Waals surface area contributed by atoms with E-state index in [4.69, 9.17) is 0 Å². The Morgan fingerprint density at radius 3 is 2.13 bits per heavy atom. The second-order valence-corrected chi connectivity index (χ2v) is 11.8. The first-order valence-electron chi connectivity index (χ1n) is 10.3. The molecule has 0 aliphatic heterocycles. The fourth-order valence-corrected chi connectivity index (χ4v) is 9.36. The van der Waals surface area contributed by atoms with Crippen LogP contribution in [0.15, 0.2) is 69.3 Å². The summed E-state index contributed by atoms with van der Waals surface area (Å²) in [6.07, 6.45) is 8.79. The van der Waals surface area contributed by atoms with Crippen LogP contribution in [0.3, 0.4) is 0 Å². The summed E-state index contributed by atoms with van der Waals surface area (Å²) in [6, 6.07) is 19.7. The van der Waals surface area contributed by atoms with E-state index in [0.717, 1.165) is 12.8 Å². The van der Waals surface area contributed by atoms with Crippen molar-refractivity contribution in [2.24, 2.45) is 0 Å². The minimum Gasteiger partial charge on any atom is -1.00 e. The largest absolute Gasteiger partial charge is 1.00 e. The molecular formula is C25H31Cl3SiTi. The van der Waals surface area contributed by atoms with E-state index in [9.17, 15) is 0 Å². The van der Waals surface area contributed by atoms with Crippen molar-refractivity contribution in [2.75, 3.05) is 0 Å². The molecule has 1 atom stereocenters. The van der Waals surface area contributed by atoms with E-state index in [2.05, 4.69) is 95.8 Å². The van der Waals surface area contributed by atoms with Crippen molar-refractivity contribution < 1.29 is 57.7 Å². The normalized spacial score (nSPS) is 13.7. The van der Waals surface area contributed by atoms with Gasteiger partial charge in [0.05, 0.1) is 0 Å². The molecule has 0 spiro atoms. The molecule has 1 unspecified atom stereocenters. The maximum Gasteiger partial charge on any atom is -1.00 e. The predicted molar refractivity (Wildman–Crippen MR) is 117 cm³/mol. The summed E-state index contributed by atoms with van der Waals surface area (Å²) >= 11 is 2.38. The zero-order valence-corrected chi connectivity index (χ0v) is 23.1. The maximum absolute atomic E-state index is 2.51. The fourth-order valence-electron chi connectivity index (χ4n) is 4.34. The van der Waals surface area contributed by atoms with Crippen molar-refractivity contribution in [1.29, 1.82) is 0 Å². The quantitative estimate of drug-likeness (QED) is 0.259. The molecule has 0 amide bonds. The maximum atomic E-state index is 2.51. The van der Waals surface area contributed by atoms with Gasteiger partial charge in [-0.3, -0.25) is 0 Å². The molecule has 0 N–H and O–H groups in total. The molecule has 0 heterocycles. The van der Waals surface area contributed by atoms with Crippen molar-refractivity contribution in [3.63, 3.8) is 0 Å². The Morgan fingerprint density at radius 2 is 1.53 bits per heavy atom. The van der Waals surface area contributed by atoms with Crippen LogP contribution in [-0.4, -0.2) is 8.80 Å². The second kappa shape index (κ2) is 14.7. The number of halogens is 3. The van der Waals surface area contributed by atoms with E-state index in [1.165, 1.54) is 42.0 Å². The predicted octanol–water partition coefficient (Wildman–Crippen LogP) is -3.15.